The molecular weight excluding hydrogens is 271 g/mol. The number of rotatable bonds is 1. The van der Waals surface area contributed by atoms with Crippen LogP contribution in [0.4, 0.5) is 0 Å². The highest BCUT2D eigenvalue weighted by Gasteiger charge is 2.17. The Morgan fingerprint density at radius 1 is 1.23 bits per heavy atom. The maximum absolute atomic E-state index is 2.44. The predicted molar refractivity (Wildman–Crippen MR) is 67.6 cm³/mol. The van der Waals surface area contributed by atoms with E-state index in [0.717, 1.165) is 4.43 Å². The van der Waals surface area contributed by atoms with E-state index in [9.17, 15) is 0 Å². The van der Waals surface area contributed by atoms with E-state index in [-0.39, 0.29) is 5.41 Å². The maximum Gasteiger partial charge on any atom is 0.0252 e. The average Bonchev–Trinajstić information content (AvgIpc) is 2.02. The minimum atomic E-state index is 0.270. The Labute approximate surface area is 94.9 Å². The van der Waals surface area contributed by atoms with E-state index in [1.54, 1.807) is 0 Å². The summed E-state index contributed by atoms with van der Waals surface area (Å²) in [5, 5.41) is 0. The monoisotopic (exact) mass is 288 g/mol. The largest absolute Gasteiger partial charge is 0.0812 e. The fourth-order valence-corrected chi connectivity index (χ4v) is 2.59. The lowest BCUT2D eigenvalue weighted by Gasteiger charge is -2.23. The third-order valence-corrected chi connectivity index (χ3v) is 3.11. The molecule has 0 unspecified atom stereocenters. The van der Waals surface area contributed by atoms with Gasteiger partial charge < -0.3 is 0 Å². The zero-order valence-electron chi connectivity index (χ0n) is 8.82. The summed E-state index contributed by atoms with van der Waals surface area (Å²) in [6.45, 7) is 9.02. The number of aryl methyl sites for hydroxylation is 1. The maximum atomic E-state index is 2.44. The van der Waals surface area contributed by atoms with Crippen molar-refractivity contribution in [1.82, 2.24) is 0 Å². The van der Waals surface area contributed by atoms with Crippen LogP contribution in [0.3, 0.4) is 0 Å². The first-order chi connectivity index (χ1) is 5.96. The van der Waals surface area contributed by atoms with Crippen molar-refractivity contribution in [3.8, 4) is 0 Å². The van der Waals surface area contributed by atoms with Gasteiger partial charge in [0.25, 0.3) is 0 Å². The molecule has 0 aliphatic carbocycles. The number of hydrogen-bond donors (Lipinski definition) is 0. The summed E-state index contributed by atoms with van der Waals surface area (Å²) in [4.78, 5) is 0. The summed E-state index contributed by atoms with van der Waals surface area (Å²) < 4.78 is 1.11. The SMILES string of the molecule is Cc1cccc(C(C)(C)C)c1CI. The first-order valence-electron chi connectivity index (χ1n) is 4.61. The molecule has 72 valence electrons. The number of hydrogen-bond acceptors (Lipinski definition) is 0. The van der Waals surface area contributed by atoms with Gasteiger partial charge in [-0.15, -0.1) is 0 Å². The second-order valence-corrected chi connectivity index (χ2v) is 5.25. The Balaban J connectivity index is 3.29. The molecule has 0 aliphatic rings. The average molecular weight is 288 g/mol. The molecule has 0 nitrogen and oxygen atoms in total. The molecule has 13 heavy (non-hydrogen) atoms. The summed E-state index contributed by atoms with van der Waals surface area (Å²) in [5.41, 5.74) is 4.69. The molecule has 0 heterocycles. The fourth-order valence-electron chi connectivity index (χ4n) is 1.58. The van der Waals surface area contributed by atoms with Gasteiger partial charge in [-0.25, -0.2) is 0 Å². The van der Waals surface area contributed by atoms with Gasteiger partial charge in [0.05, 0.1) is 0 Å². The van der Waals surface area contributed by atoms with Crippen LogP contribution in [0, 0.1) is 6.92 Å². The molecule has 0 aromatic heterocycles. The van der Waals surface area contributed by atoms with Crippen molar-refractivity contribution in [3.05, 3.63) is 34.9 Å². The Bertz CT molecular complexity index is 294. The van der Waals surface area contributed by atoms with Crippen LogP contribution in [-0.2, 0) is 9.84 Å². The van der Waals surface area contributed by atoms with E-state index in [1.807, 2.05) is 0 Å². The molecule has 0 saturated carbocycles. The molecule has 0 aliphatic heterocycles. The van der Waals surface area contributed by atoms with E-state index in [4.69, 9.17) is 0 Å². The van der Waals surface area contributed by atoms with Gasteiger partial charge in [-0.1, -0.05) is 61.6 Å². The Kier molecular flexibility index (Phi) is 3.38. The Hall–Kier alpha value is -0.0500. The molecule has 1 aromatic rings. The Morgan fingerprint density at radius 2 is 1.85 bits per heavy atom. The van der Waals surface area contributed by atoms with Crippen LogP contribution in [0.25, 0.3) is 0 Å². The second-order valence-electron chi connectivity index (χ2n) is 4.48. The molecule has 0 atom stereocenters. The number of halogens is 1. The molecule has 1 aromatic carbocycles. The van der Waals surface area contributed by atoms with Crippen LogP contribution in [0.1, 0.15) is 37.5 Å². The number of alkyl halides is 1. The van der Waals surface area contributed by atoms with E-state index in [2.05, 4.69) is 68.5 Å². The summed E-state index contributed by atoms with van der Waals surface area (Å²) in [6, 6.07) is 6.61. The highest BCUT2D eigenvalue weighted by molar-refractivity contribution is 14.1. The molecule has 0 saturated heterocycles. The van der Waals surface area contributed by atoms with Crippen molar-refractivity contribution >= 4 is 22.6 Å². The smallest absolute Gasteiger partial charge is 0.0252 e. The first kappa shape index (κ1) is 11.0. The quantitative estimate of drug-likeness (QED) is 0.536. The standard InChI is InChI=1S/C12H17I/c1-9-6-5-7-11(10(9)8-13)12(2,3)4/h5-7H,8H2,1-4H3. The summed E-state index contributed by atoms with van der Waals surface area (Å²) in [7, 11) is 0. The minimum absolute atomic E-state index is 0.270. The molecule has 0 radical (unpaired) electrons. The van der Waals surface area contributed by atoms with Crippen LogP contribution in [-0.4, -0.2) is 0 Å². The van der Waals surface area contributed by atoms with Crippen molar-refractivity contribution in [3.63, 3.8) is 0 Å². The first-order valence-corrected chi connectivity index (χ1v) is 6.14. The zero-order valence-corrected chi connectivity index (χ0v) is 11.0. The summed E-state index contributed by atoms with van der Waals surface area (Å²) >= 11 is 2.44. The van der Waals surface area contributed by atoms with Gasteiger partial charge in [-0.05, 0) is 29.0 Å². The van der Waals surface area contributed by atoms with Gasteiger partial charge in [-0.3, -0.25) is 0 Å². The molecule has 0 N–H and O–H groups in total. The van der Waals surface area contributed by atoms with Crippen LogP contribution < -0.4 is 0 Å². The normalized spacial score (nSPS) is 11.8. The van der Waals surface area contributed by atoms with Gasteiger partial charge in [-0.2, -0.15) is 0 Å². The highest BCUT2D eigenvalue weighted by atomic mass is 127. The molecule has 0 bridgehead atoms. The van der Waals surface area contributed by atoms with Crippen LogP contribution in [0.2, 0.25) is 0 Å². The third kappa shape index (κ3) is 2.46. The van der Waals surface area contributed by atoms with Crippen LogP contribution >= 0.6 is 22.6 Å². The summed E-state index contributed by atoms with van der Waals surface area (Å²) in [6.07, 6.45) is 0. The van der Waals surface area contributed by atoms with Crippen molar-refractivity contribution in [1.29, 1.82) is 0 Å². The van der Waals surface area contributed by atoms with E-state index in [1.165, 1.54) is 16.7 Å². The summed E-state index contributed by atoms with van der Waals surface area (Å²) in [5.74, 6) is 0. The lowest BCUT2D eigenvalue weighted by molar-refractivity contribution is 0.585. The van der Waals surface area contributed by atoms with Gasteiger partial charge in [0.1, 0.15) is 0 Å². The topological polar surface area (TPSA) is 0 Å². The van der Waals surface area contributed by atoms with E-state index in [0.29, 0.717) is 0 Å². The third-order valence-electron chi connectivity index (χ3n) is 2.35. The number of benzene rings is 1. The van der Waals surface area contributed by atoms with Crippen molar-refractivity contribution < 1.29 is 0 Å². The zero-order chi connectivity index (χ0) is 10.1. The van der Waals surface area contributed by atoms with E-state index < -0.39 is 0 Å². The van der Waals surface area contributed by atoms with Crippen molar-refractivity contribution in [2.24, 2.45) is 0 Å². The van der Waals surface area contributed by atoms with Gasteiger partial charge >= 0.3 is 0 Å². The minimum Gasteiger partial charge on any atom is -0.0812 e. The molecule has 1 heteroatoms. The molecule has 0 amide bonds. The van der Waals surface area contributed by atoms with Gasteiger partial charge in [0.2, 0.25) is 0 Å². The van der Waals surface area contributed by atoms with Crippen molar-refractivity contribution in [2.75, 3.05) is 0 Å². The van der Waals surface area contributed by atoms with E-state index >= 15 is 0 Å². The predicted octanol–water partition coefficient (Wildman–Crippen LogP) is 4.23. The molecule has 1 rings (SSSR count). The fraction of sp³-hybridized carbons (Fsp3) is 0.500. The van der Waals surface area contributed by atoms with Gasteiger partial charge in [0.15, 0.2) is 0 Å². The second kappa shape index (κ2) is 3.99. The molecule has 0 spiro atoms. The Morgan fingerprint density at radius 3 is 2.23 bits per heavy atom. The van der Waals surface area contributed by atoms with Crippen molar-refractivity contribution in [2.45, 2.75) is 37.5 Å². The van der Waals surface area contributed by atoms with Gasteiger partial charge in [0, 0.05) is 4.43 Å². The molecular formula is C12H17I. The van der Waals surface area contributed by atoms with Crippen LogP contribution in [0.5, 0.6) is 0 Å². The lowest BCUT2D eigenvalue weighted by Crippen LogP contribution is -2.14. The lowest BCUT2D eigenvalue weighted by atomic mass is 9.83. The van der Waals surface area contributed by atoms with Crippen LogP contribution in [0.15, 0.2) is 18.2 Å². The highest BCUT2D eigenvalue weighted by Crippen LogP contribution is 2.29. The molecule has 0 fully saturated rings.